The van der Waals surface area contributed by atoms with Crippen LogP contribution in [0.15, 0.2) is 24.4 Å². The Hall–Kier alpha value is -1.84. The zero-order valence-electron chi connectivity index (χ0n) is 10.6. The zero-order chi connectivity index (χ0) is 13.5. The highest BCUT2D eigenvalue weighted by molar-refractivity contribution is 5.86. The van der Waals surface area contributed by atoms with E-state index < -0.39 is 11.4 Å². The molecule has 2 N–H and O–H groups in total. The van der Waals surface area contributed by atoms with E-state index in [1.54, 1.807) is 24.4 Å². The second-order valence-electron chi connectivity index (χ2n) is 5.31. The standard InChI is InChI=1S/C15H16FNO2/c16-13-10-6-9-17-12(10)5-4-11(13)15(14(18)19)7-2-1-3-8-15/h4-6,9,17H,1-3,7-8H2,(H,18,19). The summed E-state index contributed by atoms with van der Waals surface area (Å²) in [6.45, 7) is 0. The van der Waals surface area contributed by atoms with Crippen molar-refractivity contribution in [2.24, 2.45) is 0 Å². The van der Waals surface area contributed by atoms with Gasteiger partial charge in [0.05, 0.1) is 5.41 Å². The number of hydrogen-bond donors (Lipinski definition) is 2. The molecule has 1 fully saturated rings. The Balaban J connectivity index is 2.19. The summed E-state index contributed by atoms with van der Waals surface area (Å²) in [6.07, 6.45) is 5.44. The topological polar surface area (TPSA) is 53.1 Å². The van der Waals surface area contributed by atoms with Gasteiger partial charge in [-0.1, -0.05) is 25.3 Å². The van der Waals surface area contributed by atoms with Crippen LogP contribution in [0.3, 0.4) is 0 Å². The van der Waals surface area contributed by atoms with Gasteiger partial charge in [0.2, 0.25) is 0 Å². The molecular weight excluding hydrogens is 245 g/mol. The molecule has 0 unspecified atom stereocenters. The van der Waals surface area contributed by atoms with E-state index in [0.717, 1.165) is 19.3 Å². The summed E-state index contributed by atoms with van der Waals surface area (Å²) in [5.41, 5.74) is -0.00208. The van der Waals surface area contributed by atoms with Crippen LogP contribution in [0, 0.1) is 5.82 Å². The summed E-state index contributed by atoms with van der Waals surface area (Å²) in [5.74, 6) is -1.29. The van der Waals surface area contributed by atoms with Crippen molar-refractivity contribution in [3.05, 3.63) is 35.8 Å². The number of carboxylic acid groups (broad SMARTS) is 1. The smallest absolute Gasteiger partial charge is 0.314 e. The molecule has 0 aliphatic heterocycles. The number of H-pyrrole nitrogens is 1. The molecule has 1 aliphatic rings. The molecule has 1 aromatic heterocycles. The highest BCUT2D eigenvalue weighted by Crippen LogP contribution is 2.42. The van der Waals surface area contributed by atoms with Gasteiger partial charge in [-0.2, -0.15) is 0 Å². The van der Waals surface area contributed by atoms with E-state index in [-0.39, 0.29) is 5.82 Å². The number of carboxylic acids is 1. The van der Waals surface area contributed by atoms with Gasteiger partial charge >= 0.3 is 5.97 Å². The normalized spacial score (nSPS) is 18.6. The average Bonchev–Trinajstić information content (AvgIpc) is 2.89. The van der Waals surface area contributed by atoms with Gasteiger partial charge in [0, 0.05) is 22.7 Å². The van der Waals surface area contributed by atoms with Gasteiger partial charge in [0.25, 0.3) is 0 Å². The molecule has 3 nitrogen and oxygen atoms in total. The van der Waals surface area contributed by atoms with E-state index in [9.17, 15) is 14.3 Å². The van der Waals surface area contributed by atoms with Crippen molar-refractivity contribution in [3.8, 4) is 0 Å². The third-order valence-electron chi connectivity index (χ3n) is 4.30. The highest BCUT2D eigenvalue weighted by atomic mass is 19.1. The van der Waals surface area contributed by atoms with Crippen LogP contribution in [0.1, 0.15) is 37.7 Å². The molecule has 4 heteroatoms. The van der Waals surface area contributed by atoms with Crippen LogP contribution in [0.5, 0.6) is 0 Å². The number of nitrogens with one attached hydrogen (secondary N) is 1. The van der Waals surface area contributed by atoms with E-state index in [4.69, 9.17) is 0 Å². The summed E-state index contributed by atoms with van der Waals surface area (Å²) in [7, 11) is 0. The first-order valence-electron chi connectivity index (χ1n) is 6.65. The fraction of sp³-hybridized carbons (Fsp3) is 0.400. The first-order valence-corrected chi connectivity index (χ1v) is 6.65. The van der Waals surface area contributed by atoms with E-state index >= 15 is 0 Å². The molecule has 2 aromatic rings. The maximum absolute atomic E-state index is 14.6. The lowest BCUT2D eigenvalue weighted by atomic mass is 9.69. The van der Waals surface area contributed by atoms with E-state index in [2.05, 4.69) is 4.98 Å². The van der Waals surface area contributed by atoms with Crippen molar-refractivity contribution in [1.82, 2.24) is 4.98 Å². The van der Waals surface area contributed by atoms with Gasteiger partial charge in [-0.05, 0) is 25.0 Å². The minimum Gasteiger partial charge on any atom is -0.481 e. The van der Waals surface area contributed by atoms with Gasteiger partial charge in [0.15, 0.2) is 0 Å². The molecule has 3 rings (SSSR count). The number of aliphatic carboxylic acids is 1. The third kappa shape index (κ3) is 1.74. The third-order valence-corrected chi connectivity index (χ3v) is 4.30. The van der Waals surface area contributed by atoms with Crippen molar-refractivity contribution >= 4 is 16.9 Å². The highest BCUT2D eigenvalue weighted by Gasteiger charge is 2.43. The molecule has 0 spiro atoms. The number of fused-ring (bicyclic) bond motifs is 1. The van der Waals surface area contributed by atoms with Gasteiger partial charge in [0.1, 0.15) is 5.82 Å². The largest absolute Gasteiger partial charge is 0.481 e. The Morgan fingerprint density at radius 1 is 1.21 bits per heavy atom. The van der Waals surface area contributed by atoms with Crippen LogP contribution in [0.25, 0.3) is 10.9 Å². The van der Waals surface area contributed by atoms with Crippen LogP contribution in [0.4, 0.5) is 4.39 Å². The molecule has 0 bridgehead atoms. The minimum absolute atomic E-state index is 0.340. The minimum atomic E-state index is -1.05. The van der Waals surface area contributed by atoms with E-state index in [0.29, 0.717) is 29.3 Å². The van der Waals surface area contributed by atoms with Crippen LogP contribution >= 0.6 is 0 Å². The van der Waals surface area contributed by atoms with E-state index in [1.807, 2.05) is 0 Å². The number of aromatic amines is 1. The molecule has 0 saturated heterocycles. The molecule has 19 heavy (non-hydrogen) atoms. The lowest BCUT2D eigenvalue weighted by molar-refractivity contribution is -0.145. The molecule has 1 heterocycles. The number of halogens is 1. The average molecular weight is 261 g/mol. The number of hydrogen-bond acceptors (Lipinski definition) is 1. The Labute approximate surface area is 110 Å². The van der Waals surface area contributed by atoms with Crippen LogP contribution in [-0.4, -0.2) is 16.1 Å². The lowest BCUT2D eigenvalue weighted by Crippen LogP contribution is -2.38. The van der Waals surface area contributed by atoms with Crippen molar-refractivity contribution in [2.75, 3.05) is 0 Å². The second-order valence-corrected chi connectivity index (χ2v) is 5.31. The van der Waals surface area contributed by atoms with Crippen molar-refractivity contribution in [2.45, 2.75) is 37.5 Å². The Morgan fingerprint density at radius 2 is 1.95 bits per heavy atom. The van der Waals surface area contributed by atoms with Crippen LogP contribution in [-0.2, 0) is 10.2 Å². The molecule has 0 amide bonds. The quantitative estimate of drug-likeness (QED) is 0.868. The molecule has 1 aliphatic carbocycles. The number of rotatable bonds is 2. The predicted octanol–water partition coefficient (Wildman–Crippen LogP) is 3.59. The van der Waals surface area contributed by atoms with Gasteiger partial charge in [-0.25, -0.2) is 4.39 Å². The van der Waals surface area contributed by atoms with Crippen molar-refractivity contribution in [3.63, 3.8) is 0 Å². The molecule has 1 saturated carbocycles. The molecule has 100 valence electrons. The molecule has 0 atom stereocenters. The van der Waals surface area contributed by atoms with Crippen LogP contribution in [0.2, 0.25) is 0 Å². The SMILES string of the molecule is O=C(O)C1(c2ccc3[nH]ccc3c2F)CCCCC1. The van der Waals surface area contributed by atoms with E-state index in [1.165, 1.54) is 0 Å². The molecule has 0 radical (unpaired) electrons. The fourth-order valence-electron chi connectivity index (χ4n) is 3.22. The summed E-state index contributed by atoms with van der Waals surface area (Å²) in [6, 6.07) is 5.06. The second kappa shape index (κ2) is 4.37. The number of benzene rings is 1. The summed E-state index contributed by atoms with van der Waals surface area (Å²) >= 11 is 0. The number of carbonyl (C=O) groups is 1. The van der Waals surface area contributed by atoms with Gasteiger partial charge in [-0.3, -0.25) is 4.79 Å². The van der Waals surface area contributed by atoms with Crippen molar-refractivity contribution in [1.29, 1.82) is 0 Å². The fourth-order valence-corrected chi connectivity index (χ4v) is 3.22. The maximum atomic E-state index is 14.6. The Morgan fingerprint density at radius 3 is 2.63 bits per heavy atom. The predicted molar refractivity (Wildman–Crippen MR) is 70.7 cm³/mol. The Kier molecular flexibility index (Phi) is 2.81. The summed E-state index contributed by atoms with van der Waals surface area (Å²) in [4.78, 5) is 14.7. The maximum Gasteiger partial charge on any atom is 0.314 e. The number of aromatic nitrogens is 1. The van der Waals surface area contributed by atoms with Gasteiger partial charge < -0.3 is 10.1 Å². The lowest BCUT2D eigenvalue weighted by Gasteiger charge is -2.34. The molecular formula is C15H16FNO2. The van der Waals surface area contributed by atoms with Crippen LogP contribution < -0.4 is 0 Å². The first kappa shape index (κ1) is 12.2. The summed E-state index contributed by atoms with van der Waals surface area (Å²) in [5, 5.41) is 10.1. The summed E-state index contributed by atoms with van der Waals surface area (Å²) < 4.78 is 14.6. The van der Waals surface area contributed by atoms with Gasteiger partial charge in [-0.15, -0.1) is 0 Å². The molecule has 1 aromatic carbocycles. The zero-order valence-corrected chi connectivity index (χ0v) is 10.6. The Bertz CT molecular complexity index is 626. The first-order chi connectivity index (χ1) is 9.15. The van der Waals surface area contributed by atoms with Crippen molar-refractivity contribution < 1.29 is 14.3 Å². The monoisotopic (exact) mass is 261 g/mol.